The van der Waals surface area contributed by atoms with Gasteiger partial charge in [-0.25, -0.2) is 0 Å². The molecule has 0 spiro atoms. The molecule has 8 aromatic carbocycles. The van der Waals surface area contributed by atoms with Gasteiger partial charge in [0.1, 0.15) is 23.0 Å². The number of halogens is 2. The summed E-state index contributed by atoms with van der Waals surface area (Å²) in [6.07, 6.45) is 10.4. The van der Waals surface area contributed by atoms with Gasteiger partial charge in [0.05, 0.1) is 30.3 Å². The van der Waals surface area contributed by atoms with E-state index in [2.05, 4.69) is 85.7 Å². The number of fused-ring (bicyclic) bond motifs is 8. The molecule has 0 aromatic heterocycles. The number of hydrogen-bond acceptors (Lipinski definition) is 8. The zero-order valence-corrected chi connectivity index (χ0v) is 44.6. The Labute approximate surface area is 451 Å². The molecule has 374 valence electrons. The lowest BCUT2D eigenvalue weighted by atomic mass is 9.90. The van der Waals surface area contributed by atoms with Crippen LogP contribution < -0.4 is 14.8 Å². The number of aromatic hydroxyl groups is 2. The molecule has 0 fully saturated rings. The first-order chi connectivity index (χ1) is 36.4. The maximum Gasteiger partial charge on any atom is 0.126 e. The summed E-state index contributed by atoms with van der Waals surface area (Å²) in [6, 6.07) is 56.7. The fourth-order valence-electron chi connectivity index (χ4n) is 9.16. The van der Waals surface area contributed by atoms with E-state index in [1.54, 1.807) is 0 Å². The van der Waals surface area contributed by atoms with Crippen molar-refractivity contribution in [1.29, 1.82) is 0 Å². The number of phenols is 2. The summed E-state index contributed by atoms with van der Waals surface area (Å²) in [5.41, 5.74) is 13.3. The Morgan fingerprint density at radius 2 is 0.743 bits per heavy atom. The van der Waals surface area contributed by atoms with Gasteiger partial charge in [0.15, 0.2) is 0 Å². The summed E-state index contributed by atoms with van der Waals surface area (Å²) in [5, 5.41) is 30.9. The maximum atomic E-state index is 12.7. The fraction of sp³-hybridized carbons (Fsp3) is 0.203. The average Bonchev–Trinajstić information content (AvgIpc) is 3.43. The molecular formula is C64H60Br2N4O4. The number of phenolic OH excluding ortho intramolecular Hbond substituents is 2. The van der Waals surface area contributed by atoms with Gasteiger partial charge in [-0.2, -0.15) is 0 Å². The fourth-order valence-corrected chi connectivity index (χ4v) is 9.95. The minimum absolute atomic E-state index is 0.169. The molecule has 9 rings (SSSR count). The molecule has 8 bridgehead atoms. The number of ether oxygens (including phenoxy) is 2. The second kappa shape index (κ2) is 26.1. The highest BCUT2D eigenvalue weighted by Gasteiger charge is 2.24. The predicted molar refractivity (Wildman–Crippen MR) is 312 cm³/mol. The minimum atomic E-state index is 0.169. The van der Waals surface area contributed by atoms with Gasteiger partial charge in [-0.15, -0.1) is 0 Å². The third-order valence-electron chi connectivity index (χ3n) is 12.9. The summed E-state index contributed by atoms with van der Waals surface area (Å²) in [7, 11) is 0. The van der Waals surface area contributed by atoms with Crippen molar-refractivity contribution in [2.24, 2.45) is 15.0 Å². The van der Waals surface area contributed by atoms with Crippen molar-refractivity contribution in [1.82, 2.24) is 0 Å². The van der Waals surface area contributed by atoms with Crippen LogP contribution in [0.3, 0.4) is 0 Å². The van der Waals surface area contributed by atoms with Crippen LogP contribution in [-0.2, 0) is 32.2 Å². The summed E-state index contributed by atoms with van der Waals surface area (Å²) >= 11 is 7.22. The highest BCUT2D eigenvalue weighted by atomic mass is 79.9. The summed E-state index contributed by atoms with van der Waals surface area (Å²) in [5.74, 6) is 1.78. The Hall–Kier alpha value is -7.27. The monoisotopic (exact) mass is 1110 g/mol. The SMILES string of the molecule is Oc1c2cc(/N=C/c3ccccc3)cc1Cc1cc(/N=C/c3ccccc3)cc(c1OCCCCBr)Cc1cc(NCc3ccccc3)cc(c1O)Cc1cc(/N=C/c3ccccc3)cc(c1OCCCCBr)C2. The number of rotatable bonds is 19. The van der Waals surface area contributed by atoms with Crippen LogP contribution in [0.15, 0.2) is 185 Å². The third kappa shape index (κ3) is 14.1. The lowest BCUT2D eigenvalue weighted by Gasteiger charge is -2.22. The van der Waals surface area contributed by atoms with E-state index in [-0.39, 0.29) is 11.5 Å². The van der Waals surface area contributed by atoms with Crippen LogP contribution in [0, 0.1) is 0 Å². The first kappa shape index (κ1) is 51.6. The van der Waals surface area contributed by atoms with Gasteiger partial charge in [-0.3, -0.25) is 15.0 Å². The number of benzene rings is 8. The number of aliphatic imine (C=N–C) groups is 3. The first-order valence-electron chi connectivity index (χ1n) is 25.3. The van der Waals surface area contributed by atoms with Crippen LogP contribution >= 0.6 is 31.9 Å². The van der Waals surface area contributed by atoms with Gasteiger partial charge in [0, 0.05) is 112 Å². The largest absolute Gasteiger partial charge is 0.507 e. The Balaban J connectivity index is 1.28. The molecule has 0 unspecified atom stereocenters. The maximum absolute atomic E-state index is 12.7. The van der Waals surface area contributed by atoms with E-state index < -0.39 is 0 Å². The van der Waals surface area contributed by atoms with Crippen molar-refractivity contribution in [2.45, 2.75) is 57.9 Å². The van der Waals surface area contributed by atoms with Crippen LogP contribution in [0.4, 0.5) is 22.7 Å². The normalized spacial score (nSPS) is 12.4. The first-order valence-corrected chi connectivity index (χ1v) is 27.6. The molecule has 8 aromatic rings. The number of nitrogens with one attached hydrogen (secondary N) is 1. The van der Waals surface area contributed by atoms with Crippen molar-refractivity contribution in [2.75, 3.05) is 29.2 Å². The molecule has 0 atom stereocenters. The van der Waals surface area contributed by atoms with Crippen molar-refractivity contribution in [3.63, 3.8) is 0 Å². The zero-order chi connectivity index (χ0) is 50.9. The average molecular weight is 1110 g/mol. The van der Waals surface area contributed by atoms with Crippen molar-refractivity contribution < 1.29 is 19.7 Å². The molecule has 0 heterocycles. The third-order valence-corrected chi connectivity index (χ3v) is 14.0. The van der Waals surface area contributed by atoms with E-state index in [1.807, 2.05) is 140 Å². The Kier molecular flexibility index (Phi) is 18.2. The van der Waals surface area contributed by atoms with Crippen LogP contribution in [0.5, 0.6) is 23.0 Å². The molecular weight excluding hydrogens is 1050 g/mol. The van der Waals surface area contributed by atoms with E-state index >= 15 is 0 Å². The van der Waals surface area contributed by atoms with Gasteiger partial charge >= 0.3 is 0 Å². The van der Waals surface area contributed by atoms with E-state index in [9.17, 15) is 10.2 Å². The van der Waals surface area contributed by atoms with Crippen LogP contribution in [0.25, 0.3) is 0 Å². The molecule has 0 aliphatic heterocycles. The van der Waals surface area contributed by atoms with Gasteiger partial charge in [-0.05, 0) is 96.5 Å². The topological polar surface area (TPSA) is 108 Å². The standard InChI is InChI=1S/C64H60Br2N4O4/c65-25-13-15-27-73-63-53-29-49-33-57(67-41-45-17-5-1-6-18-45)34-50(61(49)71)30-54-38-60(70-44-48-23-11-4-12-24-48)40-56(64(54)74-28-16-14-26-66)32-52-36-58(68-42-46-19-7-2-8-20-46)35-51(62(52)72)31-55(63)39-59(37-53)69-43-47-21-9-3-10-22-47/h1-12,17-24,33-41,43-44,68,71-72H,13-16,25-32,42H2/b67-41+,69-43+,70-44+. The molecule has 74 heavy (non-hydrogen) atoms. The van der Waals surface area contributed by atoms with Crippen LogP contribution in [-0.4, -0.2) is 52.7 Å². The van der Waals surface area contributed by atoms with Crippen molar-refractivity contribution >= 4 is 73.3 Å². The number of nitrogens with zero attached hydrogens (tertiary/aromatic N) is 3. The summed E-state index contributed by atoms with van der Waals surface area (Å²) in [4.78, 5) is 15.2. The summed E-state index contributed by atoms with van der Waals surface area (Å²) < 4.78 is 13.8. The molecule has 1 aliphatic rings. The minimum Gasteiger partial charge on any atom is -0.507 e. The van der Waals surface area contributed by atoms with Crippen LogP contribution in [0.2, 0.25) is 0 Å². The Morgan fingerprint density at radius 1 is 0.419 bits per heavy atom. The molecule has 10 heteroatoms. The molecule has 0 saturated heterocycles. The van der Waals surface area contributed by atoms with Gasteiger partial charge < -0.3 is 25.0 Å². The second-order valence-corrected chi connectivity index (χ2v) is 20.1. The highest BCUT2D eigenvalue weighted by Crippen LogP contribution is 2.43. The molecule has 3 N–H and O–H groups in total. The quantitative estimate of drug-likeness (QED) is 0.0324. The smallest absolute Gasteiger partial charge is 0.126 e. The summed E-state index contributed by atoms with van der Waals surface area (Å²) in [6.45, 7) is 1.55. The lowest BCUT2D eigenvalue weighted by Crippen LogP contribution is -2.08. The molecule has 0 amide bonds. The number of anilines is 1. The van der Waals surface area contributed by atoms with Crippen LogP contribution in [0.1, 0.15) is 92.4 Å². The van der Waals surface area contributed by atoms with Crippen molar-refractivity contribution in [3.05, 3.63) is 237 Å². The van der Waals surface area contributed by atoms with E-state index in [0.29, 0.717) is 73.8 Å². The molecule has 0 radical (unpaired) electrons. The van der Waals surface area contributed by atoms with E-state index in [4.69, 9.17) is 24.5 Å². The Bertz CT molecular complexity index is 3060. The molecule has 1 aliphatic carbocycles. The van der Waals surface area contributed by atoms with Gasteiger partial charge in [0.25, 0.3) is 0 Å². The Morgan fingerprint density at radius 3 is 1.09 bits per heavy atom. The number of alkyl halides is 2. The zero-order valence-electron chi connectivity index (χ0n) is 41.4. The highest BCUT2D eigenvalue weighted by molar-refractivity contribution is 9.09. The van der Waals surface area contributed by atoms with Gasteiger partial charge in [-0.1, -0.05) is 153 Å². The van der Waals surface area contributed by atoms with Gasteiger partial charge in [0.2, 0.25) is 0 Å². The molecule has 0 saturated carbocycles. The second-order valence-electron chi connectivity index (χ2n) is 18.5. The van der Waals surface area contributed by atoms with Crippen molar-refractivity contribution in [3.8, 4) is 23.0 Å². The van der Waals surface area contributed by atoms with E-state index in [0.717, 1.165) is 109 Å². The van der Waals surface area contributed by atoms with E-state index in [1.165, 1.54) is 0 Å². The number of hydrogen-bond donors (Lipinski definition) is 3. The lowest BCUT2D eigenvalue weighted by molar-refractivity contribution is 0.304. The molecule has 8 nitrogen and oxygen atoms in total. The predicted octanol–water partition coefficient (Wildman–Crippen LogP) is 15.7. The number of unbranched alkanes of at least 4 members (excludes halogenated alkanes) is 2.